The lowest BCUT2D eigenvalue weighted by Gasteiger charge is -2.08. The molecule has 1 aromatic carbocycles. The van der Waals surface area contributed by atoms with Gasteiger partial charge in [0, 0.05) is 36.1 Å². The molecule has 0 unspecified atom stereocenters. The molecule has 3 N–H and O–H groups in total. The van der Waals surface area contributed by atoms with Crippen molar-refractivity contribution in [2.75, 3.05) is 10.6 Å². The molecule has 4 rings (SSSR count). The lowest BCUT2D eigenvalue weighted by atomic mass is 10.2. The first kappa shape index (κ1) is 21.0. The highest BCUT2D eigenvalue weighted by Crippen LogP contribution is 2.17. The van der Waals surface area contributed by atoms with E-state index in [0.29, 0.717) is 35.1 Å². The van der Waals surface area contributed by atoms with Crippen molar-refractivity contribution in [3.8, 4) is 0 Å². The van der Waals surface area contributed by atoms with Crippen LogP contribution in [0.5, 0.6) is 0 Å². The molecule has 9 heteroatoms. The number of pyridine rings is 1. The molecular weight excluding hydrogens is 424 g/mol. The first-order chi connectivity index (χ1) is 15.7. The molecule has 8 nitrogen and oxygen atoms in total. The van der Waals surface area contributed by atoms with Gasteiger partial charge in [-0.3, -0.25) is 10.1 Å². The summed E-state index contributed by atoms with van der Waals surface area (Å²) in [6, 6.07) is 13.2. The molecule has 158 valence electrons. The van der Waals surface area contributed by atoms with Crippen molar-refractivity contribution in [3.63, 3.8) is 0 Å². The zero-order chi connectivity index (χ0) is 22.2. The Morgan fingerprint density at radius 3 is 2.69 bits per heavy atom. The summed E-state index contributed by atoms with van der Waals surface area (Å²) >= 11 is 6.07. The van der Waals surface area contributed by atoms with Crippen LogP contribution >= 0.6 is 11.6 Å². The molecule has 0 bridgehead atoms. The highest BCUT2D eigenvalue weighted by atomic mass is 35.5. The number of nitrogens with one attached hydrogen (secondary N) is 3. The summed E-state index contributed by atoms with van der Waals surface area (Å²) in [7, 11) is 0. The van der Waals surface area contributed by atoms with Gasteiger partial charge in [-0.2, -0.15) is 20.1 Å². The molecule has 0 aliphatic heterocycles. The third-order valence-corrected chi connectivity index (χ3v) is 4.46. The van der Waals surface area contributed by atoms with Gasteiger partial charge in [0.25, 0.3) is 0 Å². The van der Waals surface area contributed by atoms with E-state index in [1.54, 1.807) is 30.6 Å². The van der Waals surface area contributed by atoms with E-state index in [4.69, 9.17) is 11.6 Å². The molecule has 32 heavy (non-hydrogen) atoms. The van der Waals surface area contributed by atoms with Crippen LogP contribution in [0.3, 0.4) is 0 Å². The quantitative estimate of drug-likeness (QED) is 0.331. The van der Waals surface area contributed by atoms with Gasteiger partial charge >= 0.3 is 0 Å². The summed E-state index contributed by atoms with van der Waals surface area (Å²) in [5.74, 6) is 1.81. The van der Waals surface area contributed by atoms with Crippen molar-refractivity contribution in [1.82, 2.24) is 30.1 Å². The van der Waals surface area contributed by atoms with E-state index in [2.05, 4.69) is 53.1 Å². The molecule has 0 fully saturated rings. The van der Waals surface area contributed by atoms with Gasteiger partial charge in [-0.1, -0.05) is 36.4 Å². The van der Waals surface area contributed by atoms with Crippen molar-refractivity contribution in [2.45, 2.75) is 6.54 Å². The zero-order valence-corrected chi connectivity index (χ0v) is 17.7. The van der Waals surface area contributed by atoms with Crippen LogP contribution in [-0.4, -0.2) is 30.1 Å². The lowest BCUT2D eigenvalue weighted by Crippen LogP contribution is -2.08. The molecule has 0 amide bonds. The maximum Gasteiger partial charge on any atom is 0.233 e. The molecule has 0 aliphatic rings. The van der Waals surface area contributed by atoms with Crippen molar-refractivity contribution < 1.29 is 0 Å². The lowest BCUT2D eigenvalue weighted by molar-refractivity contribution is 0.987. The van der Waals surface area contributed by atoms with Crippen LogP contribution in [0.1, 0.15) is 22.6 Å². The summed E-state index contributed by atoms with van der Waals surface area (Å²) in [5, 5.41) is 14.0. The van der Waals surface area contributed by atoms with Crippen molar-refractivity contribution in [1.29, 1.82) is 0 Å². The highest BCUT2D eigenvalue weighted by Gasteiger charge is 2.08. The number of rotatable bonds is 8. The Morgan fingerprint density at radius 1 is 1.03 bits per heavy atom. The molecule has 0 radical (unpaired) electrons. The summed E-state index contributed by atoms with van der Waals surface area (Å²) in [4.78, 5) is 17.5. The second-order valence-electron chi connectivity index (χ2n) is 6.62. The Morgan fingerprint density at radius 2 is 1.88 bits per heavy atom. The minimum atomic E-state index is 0.351. The molecule has 3 heterocycles. The zero-order valence-electron chi connectivity index (χ0n) is 17.0. The van der Waals surface area contributed by atoms with E-state index in [0.717, 1.165) is 16.8 Å². The van der Waals surface area contributed by atoms with Crippen molar-refractivity contribution >= 4 is 47.5 Å². The average molecular weight is 443 g/mol. The van der Waals surface area contributed by atoms with E-state index in [1.807, 2.05) is 42.5 Å². The monoisotopic (exact) mass is 442 g/mol. The molecule has 3 aromatic heterocycles. The first-order valence-electron chi connectivity index (χ1n) is 9.69. The molecular formula is C23H19ClN8. The molecule has 0 saturated carbocycles. The topological polar surface area (TPSA) is 104 Å². The number of hydrogen-bond donors (Lipinski definition) is 3. The number of anilines is 3. The largest absolute Gasteiger partial charge is 0.350 e. The standard InChI is InChI=1S/C23H19ClN8/c1-2-4-19-14-21(32-31-19)29-23-28-20(8-7-16-5-3-6-18(24)13-16)27-22(30-23)26-15-17-9-11-25-12-10-17/h3-14H,1,15H2,(H3,26,27,28,29,30,31,32)/b8-7+. The summed E-state index contributed by atoms with van der Waals surface area (Å²) < 4.78 is 0. The second-order valence-corrected chi connectivity index (χ2v) is 7.06. The molecule has 0 saturated heterocycles. The Hall–Kier alpha value is -4.26. The molecule has 4 aromatic rings. The number of aromatic nitrogens is 6. The van der Waals surface area contributed by atoms with Gasteiger partial charge in [0.2, 0.25) is 11.9 Å². The van der Waals surface area contributed by atoms with Gasteiger partial charge in [-0.05, 0) is 41.5 Å². The maximum absolute atomic E-state index is 6.07. The van der Waals surface area contributed by atoms with Gasteiger partial charge in [-0.25, -0.2) is 0 Å². The minimum Gasteiger partial charge on any atom is -0.350 e. The fourth-order valence-corrected chi connectivity index (χ4v) is 2.96. The highest BCUT2D eigenvalue weighted by molar-refractivity contribution is 6.30. The predicted molar refractivity (Wildman–Crippen MR) is 127 cm³/mol. The Kier molecular flexibility index (Phi) is 6.67. The van der Waals surface area contributed by atoms with E-state index < -0.39 is 0 Å². The SMILES string of the molecule is C=C=Cc1cc(Nc2nc(/C=C/c3cccc(Cl)c3)nc(NCc3ccncc3)n2)n[nH]1. The van der Waals surface area contributed by atoms with Crippen LogP contribution in [0, 0.1) is 0 Å². The Bertz CT molecular complexity index is 1280. The average Bonchev–Trinajstić information content (AvgIpc) is 3.24. The summed E-state index contributed by atoms with van der Waals surface area (Å²) in [6.45, 7) is 4.10. The predicted octanol–water partition coefficient (Wildman–Crippen LogP) is 4.97. The van der Waals surface area contributed by atoms with Crippen LogP contribution in [0.15, 0.2) is 67.2 Å². The van der Waals surface area contributed by atoms with Gasteiger partial charge in [0.15, 0.2) is 11.6 Å². The molecule has 0 aliphatic carbocycles. The van der Waals surface area contributed by atoms with Gasteiger partial charge in [0.1, 0.15) is 0 Å². The number of halogens is 1. The molecule has 0 spiro atoms. The number of hydrogen-bond acceptors (Lipinski definition) is 7. The van der Waals surface area contributed by atoms with Crippen LogP contribution < -0.4 is 10.6 Å². The van der Waals surface area contributed by atoms with Crippen molar-refractivity contribution in [3.05, 3.63) is 94.8 Å². The van der Waals surface area contributed by atoms with E-state index >= 15 is 0 Å². The van der Waals surface area contributed by atoms with Crippen LogP contribution in [0.4, 0.5) is 17.7 Å². The van der Waals surface area contributed by atoms with Gasteiger partial charge in [-0.15, -0.1) is 5.73 Å². The van der Waals surface area contributed by atoms with Crippen LogP contribution in [0.25, 0.3) is 18.2 Å². The van der Waals surface area contributed by atoms with Gasteiger partial charge < -0.3 is 10.6 Å². The Labute approximate surface area is 189 Å². The number of H-pyrrole nitrogens is 1. The normalized spacial score (nSPS) is 10.7. The van der Waals surface area contributed by atoms with E-state index in [1.165, 1.54) is 0 Å². The summed E-state index contributed by atoms with van der Waals surface area (Å²) in [5.41, 5.74) is 5.45. The summed E-state index contributed by atoms with van der Waals surface area (Å²) in [6.07, 6.45) is 8.85. The number of nitrogens with zero attached hydrogens (tertiary/aromatic N) is 5. The van der Waals surface area contributed by atoms with E-state index in [-0.39, 0.29) is 0 Å². The Balaban J connectivity index is 1.59. The van der Waals surface area contributed by atoms with E-state index in [9.17, 15) is 0 Å². The van der Waals surface area contributed by atoms with Crippen LogP contribution in [-0.2, 0) is 6.54 Å². The first-order valence-corrected chi connectivity index (χ1v) is 10.1. The fourth-order valence-electron chi connectivity index (χ4n) is 2.76. The number of aromatic amines is 1. The maximum atomic E-state index is 6.07. The smallest absolute Gasteiger partial charge is 0.233 e. The number of benzene rings is 1. The third kappa shape index (κ3) is 5.89. The van der Waals surface area contributed by atoms with Gasteiger partial charge in [0.05, 0.1) is 5.69 Å². The minimum absolute atomic E-state index is 0.351. The van der Waals surface area contributed by atoms with Crippen LogP contribution in [0.2, 0.25) is 5.02 Å². The second kappa shape index (κ2) is 10.2. The third-order valence-electron chi connectivity index (χ3n) is 4.22. The molecule has 0 atom stereocenters. The fraction of sp³-hybridized carbons (Fsp3) is 0.0435. The van der Waals surface area contributed by atoms with Crippen molar-refractivity contribution in [2.24, 2.45) is 0 Å².